The number of anilines is 2. The topological polar surface area (TPSA) is 50.4 Å². The first-order valence-electron chi connectivity index (χ1n) is 8.78. The Kier molecular flexibility index (Phi) is 6.87. The second-order valence-corrected chi connectivity index (χ2v) is 6.72. The van der Waals surface area contributed by atoms with Crippen LogP contribution in [0.1, 0.15) is 31.4 Å². The van der Waals surface area contributed by atoms with Gasteiger partial charge in [0.25, 0.3) is 0 Å². The van der Waals surface area contributed by atoms with Crippen LogP contribution < -0.4 is 15.4 Å². The average Bonchev–Trinajstić information content (AvgIpc) is 2.57. The van der Waals surface area contributed by atoms with Crippen molar-refractivity contribution >= 4 is 17.3 Å². The number of aryl methyl sites for hydroxylation is 2. The summed E-state index contributed by atoms with van der Waals surface area (Å²) in [7, 11) is 0. The van der Waals surface area contributed by atoms with E-state index in [2.05, 4.69) is 24.5 Å². The van der Waals surface area contributed by atoms with Gasteiger partial charge in [-0.05, 0) is 61.6 Å². The minimum absolute atomic E-state index is 0.0605. The molecule has 2 aromatic carbocycles. The maximum Gasteiger partial charge on any atom is 0.243 e. The van der Waals surface area contributed by atoms with Gasteiger partial charge >= 0.3 is 0 Å². The van der Waals surface area contributed by atoms with Gasteiger partial charge in [-0.2, -0.15) is 0 Å². The summed E-state index contributed by atoms with van der Waals surface area (Å²) in [4.78, 5) is 12.2. The molecule has 0 aliphatic heterocycles. The monoisotopic (exact) mass is 340 g/mol. The number of amides is 1. The Hall–Kier alpha value is -2.49. The molecule has 0 aliphatic rings. The smallest absolute Gasteiger partial charge is 0.243 e. The quantitative estimate of drug-likeness (QED) is 0.727. The van der Waals surface area contributed by atoms with Gasteiger partial charge in [0.15, 0.2) is 0 Å². The molecule has 25 heavy (non-hydrogen) atoms. The van der Waals surface area contributed by atoms with Crippen LogP contribution in [-0.4, -0.2) is 19.1 Å². The number of ether oxygens (including phenoxy) is 1. The summed E-state index contributed by atoms with van der Waals surface area (Å²) < 4.78 is 5.70. The van der Waals surface area contributed by atoms with Crippen LogP contribution in [0, 0.1) is 19.8 Å². The van der Waals surface area contributed by atoms with Crippen molar-refractivity contribution in [2.75, 3.05) is 23.8 Å². The third-order valence-corrected chi connectivity index (χ3v) is 4.02. The van der Waals surface area contributed by atoms with Crippen LogP contribution in [-0.2, 0) is 4.79 Å². The highest BCUT2D eigenvalue weighted by Crippen LogP contribution is 2.19. The lowest BCUT2D eigenvalue weighted by molar-refractivity contribution is -0.114. The van der Waals surface area contributed by atoms with E-state index in [-0.39, 0.29) is 12.5 Å². The molecular weight excluding hydrogens is 312 g/mol. The molecule has 4 heteroatoms. The third-order valence-electron chi connectivity index (χ3n) is 4.02. The second-order valence-electron chi connectivity index (χ2n) is 6.72. The highest BCUT2D eigenvalue weighted by molar-refractivity contribution is 5.95. The van der Waals surface area contributed by atoms with Crippen LogP contribution in [0.25, 0.3) is 0 Å². The van der Waals surface area contributed by atoms with Gasteiger partial charge in [0.1, 0.15) is 5.75 Å². The van der Waals surface area contributed by atoms with Gasteiger partial charge in [-0.3, -0.25) is 4.79 Å². The highest BCUT2D eigenvalue weighted by atomic mass is 16.5. The van der Waals surface area contributed by atoms with E-state index in [4.69, 9.17) is 4.74 Å². The number of benzene rings is 2. The lowest BCUT2D eigenvalue weighted by Crippen LogP contribution is -2.22. The van der Waals surface area contributed by atoms with Crippen LogP contribution in [0.3, 0.4) is 0 Å². The summed E-state index contributed by atoms with van der Waals surface area (Å²) in [6.07, 6.45) is 1.04. The summed E-state index contributed by atoms with van der Waals surface area (Å²) in [6, 6.07) is 13.7. The molecular formula is C21H28N2O2. The van der Waals surface area contributed by atoms with Crippen molar-refractivity contribution in [3.63, 3.8) is 0 Å². The number of hydrogen-bond donors (Lipinski definition) is 2. The van der Waals surface area contributed by atoms with Crippen LogP contribution in [0.15, 0.2) is 42.5 Å². The molecule has 134 valence electrons. The van der Waals surface area contributed by atoms with E-state index in [1.165, 1.54) is 0 Å². The maximum absolute atomic E-state index is 12.2. The average molecular weight is 340 g/mol. The molecule has 0 aliphatic carbocycles. The number of carbonyl (C=O) groups is 1. The van der Waals surface area contributed by atoms with Gasteiger partial charge in [0.05, 0.1) is 13.2 Å². The lowest BCUT2D eigenvalue weighted by atomic mass is 10.1. The number of hydrogen-bond acceptors (Lipinski definition) is 3. The van der Waals surface area contributed by atoms with Crippen LogP contribution in [0.2, 0.25) is 0 Å². The summed E-state index contributed by atoms with van der Waals surface area (Å²) >= 11 is 0. The van der Waals surface area contributed by atoms with Crippen LogP contribution in [0.5, 0.6) is 5.75 Å². The van der Waals surface area contributed by atoms with Crippen molar-refractivity contribution in [2.24, 2.45) is 5.92 Å². The van der Waals surface area contributed by atoms with Gasteiger partial charge in [-0.15, -0.1) is 0 Å². The Morgan fingerprint density at radius 2 is 1.68 bits per heavy atom. The van der Waals surface area contributed by atoms with Gasteiger partial charge < -0.3 is 15.4 Å². The Morgan fingerprint density at radius 3 is 2.28 bits per heavy atom. The van der Waals surface area contributed by atoms with Crippen molar-refractivity contribution in [3.8, 4) is 5.75 Å². The normalized spacial score (nSPS) is 10.6. The molecule has 0 unspecified atom stereocenters. The lowest BCUT2D eigenvalue weighted by Gasteiger charge is -2.13. The second kappa shape index (κ2) is 9.11. The van der Waals surface area contributed by atoms with Crippen LogP contribution in [0.4, 0.5) is 11.4 Å². The first-order chi connectivity index (χ1) is 12.0. The largest absolute Gasteiger partial charge is 0.494 e. The molecule has 0 aromatic heterocycles. The highest BCUT2D eigenvalue weighted by Gasteiger charge is 2.07. The van der Waals surface area contributed by atoms with Crippen molar-refractivity contribution < 1.29 is 9.53 Å². The van der Waals surface area contributed by atoms with E-state index in [0.29, 0.717) is 5.92 Å². The fraction of sp³-hybridized carbons (Fsp3) is 0.381. The number of para-hydroxylation sites is 1. The zero-order chi connectivity index (χ0) is 18.2. The first kappa shape index (κ1) is 18.8. The number of rotatable bonds is 8. The Balaban J connectivity index is 1.81. The third kappa shape index (κ3) is 6.14. The molecule has 4 nitrogen and oxygen atoms in total. The van der Waals surface area contributed by atoms with Crippen molar-refractivity contribution in [3.05, 3.63) is 53.6 Å². The maximum atomic E-state index is 12.2. The summed E-state index contributed by atoms with van der Waals surface area (Å²) in [5.74, 6) is 1.43. The molecule has 2 aromatic rings. The molecule has 0 fully saturated rings. The van der Waals surface area contributed by atoms with E-state index in [1.54, 1.807) is 0 Å². The SMILES string of the molecule is Cc1cccc(C)c1NC(=O)CNc1ccc(OCCC(C)C)cc1. The van der Waals surface area contributed by atoms with E-state index >= 15 is 0 Å². The van der Waals surface area contributed by atoms with Crippen molar-refractivity contribution in [2.45, 2.75) is 34.1 Å². The molecule has 0 bridgehead atoms. The van der Waals surface area contributed by atoms with E-state index < -0.39 is 0 Å². The van der Waals surface area contributed by atoms with Crippen molar-refractivity contribution in [1.29, 1.82) is 0 Å². The Morgan fingerprint density at radius 1 is 1.04 bits per heavy atom. The summed E-state index contributed by atoms with van der Waals surface area (Å²) in [5.41, 5.74) is 3.92. The summed E-state index contributed by atoms with van der Waals surface area (Å²) in [6.45, 7) is 9.30. The molecule has 0 saturated heterocycles. The summed E-state index contributed by atoms with van der Waals surface area (Å²) in [5, 5.41) is 6.11. The van der Waals surface area contributed by atoms with E-state index in [9.17, 15) is 4.79 Å². The zero-order valence-corrected chi connectivity index (χ0v) is 15.6. The van der Waals surface area contributed by atoms with Crippen molar-refractivity contribution in [1.82, 2.24) is 0 Å². The number of carbonyl (C=O) groups excluding carboxylic acids is 1. The fourth-order valence-corrected chi connectivity index (χ4v) is 2.46. The van der Waals surface area contributed by atoms with Gasteiger partial charge in [0, 0.05) is 11.4 Å². The predicted octanol–water partition coefficient (Wildman–Crippen LogP) is 4.78. The zero-order valence-electron chi connectivity index (χ0n) is 15.6. The minimum Gasteiger partial charge on any atom is -0.494 e. The number of nitrogens with one attached hydrogen (secondary N) is 2. The first-order valence-corrected chi connectivity index (χ1v) is 8.78. The molecule has 0 atom stereocenters. The molecule has 0 spiro atoms. The molecule has 2 N–H and O–H groups in total. The predicted molar refractivity (Wildman–Crippen MR) is 104 cm³/mol. The molecule has 1 amide bonds. The molecule has 0 heterocycles. The van der Waals surface area contributed by atoms with Gasteiger partial charge in [0.2, 0.25) is 5.91 Å². The van der Waals surface area contributed by atoms with E-state index in [0.717, 1.165) is 41.3 Å². The molecule has 0 saturated carbocycles. The van der Waals surface area contributed by atoms with Gasteiger partial charge in [-0.1, -0.05) is 32.0 Å². The molecule has 0 radical (unpaired) electrons. The Bertz CT molecular complexity index is 673. The van der Waals surface area contributed by atoms with Gasteiger partial charge in [-0.25, -0.2) is 0 Å². The van der Waals surface area contributed by atoms with E-state index in [1.807, 2.05) is 56.3 Å². The van der Waals surface area contributed by atoms with Crippen LogP contribution >= 0.6 is 0 Å². The Labute approximate surface area is 150 Å². The molecule has 2 rings (SSSR count). The minimum atomic E-state index is -0.0605. The standard InChI is InChI=1S/C21H28N2O2/c1-15(2)12-13-25-19-10-8-18(9-11-19)22-14-20(24)23-21-16(3)6-5-7-17(21)4/h5-11,15,22H,12-14H2,1-4H3,(H,23,24). The fourth-order valence-electron chi connectivity index (χ4n) is 2.46.